The maximum absolute atomic E-state index is 11.3. The van der Waals surface area contributed by atoms with Crippen LogP contribution in [0.3, 0.4) is 0 Å². The number of nitrogens with one attached hydrogen (secondary N) is 2. The van der Waals surface area contributed by atoms with Gasteiger partial charge in [0, 0.05) is 11.0 Å². The normalized spacial score (nSPS) is 11.7. The van der Waals surface area contributed by atoms with Crippen LogP contribution >= 0.6 is 15.9 Å². The quantitative estimate of drug-likeness (QED) is 0.775. The van der Waals surface area contributed by atoms with Gasteiger partial charge in [-0.25, -0.2) is 4.79 Å². The molecule has 0 aliphatic rings. The third-order valence-electron chi connectivity index (χ3n) is 2.36. The minimum absolute atomic E-state index is 0.445. The van der Waals surface area contributed by atoms with Crippen LogP contribution in [0.25, 0.3) is 0 Å². The molecule has 18 heavy (non-hydrogen) atoms. The Morgan fingerprint density at radius 3 is 2.67 bits per heavy atom. The van der Waals surface area contributed by atoms with E-state index in [1.165, 1.54) is 6.92 Å². The van der Waals surface area contributed by atoms with Crippen LogP contribution in [0.5, 0.6) is 0 Å². The van der Waals surface area contributed by atoms with Crippen molar-refractivity contribution in [1.29, 1.82) is 0 Å². The summed E-state index contributed by atoms with van der Waals surface area (Å²) in [5.74, 6) is -1.06. The van der Waals surface area contributed by atoms with Gasteiger partial charge in [0.15, 0.2) is 0 Å². The summed E-state index contributed by atoms with van der Waals surface area (Å²) in [7, 11) is 0. The fourth-order valence-electron chi connectivity index (χ4n) is 1.32. The molecule has 0 radical (unpaired) electrons. The molecule has 0 aliphatic heterocycles. The van der Waals surface area contributed by atoms with E-state index in [1.807, 2.05) is 24.3 Å². The van der Waals surface area contributed by atoms with Gasteiger partial charge in [-0.05, 0) is 25.0 Å². The summed E-state index contributed by atoms with van der Waals surface area (Å²) in [6, 6.07) is 6.37. The van der Waals surface area contributed by atoms with Crippen molar-refractivity contribution in [3.8, 4) is 0 Å². The van der Waals surface area contributed by atoms with Crippen molar-refractivity contribution in [3.63, 3.8) is 0 Å². The Bertz CT molecular complexity index is 437. The van der Waals surface area contributed by atoms with Gasteiger partial charge in [-0.15, -0.1) is 0 Å². The minimum atomic E-state index is -1.06. The zero-order chi connectivity index (χ0) is 13.5. The number of aliphatic carboxylic acids is 1. The van der Waals surface area contributed by atoms with Gasteiger partial charge in [0.2, 0.25) is 0 Å². The van der Waals surface area contributed by atoms with E-state index < -0.39 is 18.0 Å². The highest BCUT2D eigenvalue weighted by molar-refractivity contribution is 9.10. The highest BCUT2D eigenvalue weighted by Crippen LogP contribution is 2.15. The van der Waals surface area contributed by atoms with Crippen LogP contribution in [0.2, 0.25) is 0 Å². The first-order valence-corrected chi connectivity index (χ1v) is 6.30. The largest absolute Gasteiger partial charge is 0.480 e. The molecule has 1 atom stereocenters. The van der Waals surface area contributed by atoms with Gasteiger partial charge >= 0.3 is 12.0 Å². The maximum atomic E-state index is 11.3. The molecule has 1 aromatic carbocycles. The summed E-state index contributed by atoms with van der Waals surface area (Å²) in [5, 5.41) is 13.6. The number of hydrogen-bond donors (Lipinski definition) is 3. The van der Waals surface area contributed by atoms with Gasteiger partial charge in [-0.2, -0.15) is 0 Å². The summed E-state index contributed by atoms with van der Waals surface area (Å²) in [5.41, 5.74) is 1.09. The van der Waals surface area contributed by atoms with Crippen LogP contribution < -0.4 is 10.6 Å². The molecule has 0 bridgehead atoms. The SMILES string of the molecule is CC(NC(=O)NCCc1ccccc1Br)C(=O)O. The molecule has 1 rings (SSSR count). The number of carboxylic acid groups (broad SMARTS) is 1. The number of benzene rings is 1. The first kappa shape index (κ1) is 14.5. The predicted octanol–water partition coefficient (Wildman–Crippen LogP) is 1.76. The second kappa shape index (κ2) is 7.00. The average molecular weight is 315 g/mol. The van der Waals surface area contributed by atoms with E-state index in [9.17, 15) is 9.59 Å². The van der Waals surface area contributed by atoms with Crippen molar-refractivity contribution in [2.45, 2.75) is 19.4 Å². The summed E-state index contributed by atoms with van der Waals surface area (Å²) >= 11 is 3.42. The topological polar surface area (TPSA) is 78.4 Å². The second-order valence-electron chi connectivity index (χ2n) is 3.80. The standard InChI is InChI=1S/C12H15BrN2O3/c1-8(11(16)17)15-12(18)14-7-6-9-4-2-3-5-10(9)13/h2-5,8H,6-7H2,1H3,(H,16,17)(H2,14,15,18). The van der Waals surface area contributed by atoms with Gasteiger partial charge < -0.3 is 15.7 Å². The van der Waals surface area contributed by atoms with E-state index >= 15 is 0 Å². The summed E-state index contributed by atoms with van der Waals surface area (Å²) in [4.78, 5) is 21.9. The molecule has 0 heterocycles. The molecule has 6 heteroatoms. The number of rotatable bonds is 5. The van der Waals surface area contributed by atoms with E-state index in [-0.39, 0.29) is 0 Å². The molecule has 5 nitrogen and oxygen atoms in total. The van der Waals surface area contributed by atoms with Crippen molar-refractivity contribution in [2.75, 3.05) is 6.54 Å². The first-order valence-electron chi connectivity index (χ1n) is 5.51. The minimum Gasteiger partial charge on any atom is -0.480 e. The van der Waals surface area contributed by atoms with Crippen LogP contribution in [0.15, 0.2) is 28.7 Å². The Morgan fingerprint density at radius 1 is 1.39 bits per heavy atom. The molecule has 0 saturated carbocycles. The van der Waals surface area contributed by atoms with Crippen LogP contribution in [-0.2, 0) is 11.2 Å². The van der Waals surface area contributed by atoms with E-state index in [1.54, 1.807) is 0 Å². The van der Waals surface area contributed by atoms with Gasteiger partial charge in [-0.3, -0.25) is 4.79 Å². The number of urea groups is 1. The molecule has 98 valence electrons. The average Bonchev–Trinajstić information content (AvgIpc) is 2.31. The Labute approximate surface area is 114 Å². The third kappa shape index (κ3) is 4.75. The Balaban J connectivity index is 2.32. The fraction of sp³-hybridized carbons (Fsp3) is 0.333. The van der Waals surface area contributed by atoms with Gasteiger partial charge in [0.1, 0.15) is 6.04 Å². The van der Waals surface area contributed by atoms with Gasteiger partial charge in [0.25, 0.3) is 0 Å². The van der Waals surface area contributed by atoms with Crippen molar-refractivity contribution in [1.82, 2.24) is 10.6 Å². The molecule has 3 N–H and O–H groups in total. The number of carbonyl (C=O) groups excluding carboxylic acids is 1. The number of halogens is 1. The lowest BCUT2D eigenvalue weighted by Gasteiger charge is -2.11. The molecule has 2 amide bonds. The van der Waals surface area contributed by atoms with Crippen LogP contribution in [-0.4, -0.2) is 29.7 Å². The number of carbonyl (C=O) groups is 2. The smallest absolute Gasteiger partial charge is 0.325 e. The third-order valence-corrected chi connectivity index (χ3v) is 3.13. The number of amides is 2. The molecule has 0 spiro atoms. The van der Waals surface area contributed by atoms with E-state index in [0.717, 1.165) is 10.0 Å². The van der Waals surface area contributed by atoms with Crippen molar-refractivity contribution in [3.05, 3.63) is 34.3 Å². The first-order chi connectivity index (χ1) is 8.50. The fourth-order valence-corrected chi connectivity index (χ4v) is 1.80. The van der Waals surface area contributed by atoms with Gasteiger partial charge in [-0.1, -0.05) is 34.1 Å². The molecule has 0 fully saturated rings. The van der Waals surface area contributed by atoms with Crippen LogP contribution in [0.1, 0.15) is 12.5 Å². The molecule has 0 aromatic heterocycles. The van der Waals surface area contributed by atoms with Crippen molar-refractivity contribution in [2.24, 2.45) is 0 Å². The molecule has 0 aliphatic carbocycles. The second-order valence-corrected chi connectivity index (χ2v) is 4.66. The predicted molar refractivity (Wildman–Crippen MR) is 71.5 cm³/mol. The maximum Gasteiger partial charge on any atom is 0.325 e. The van der Waals surface area contributed by atoms with Crippen LogP contribution in [0.4, 0.5) is 4.79 Å². The lowest BCUT2D eigenvalue weighted by atomic mass is 10.1. The molecule has 1 aromatic rings. The molecular formula is C12H15BrN2O3. The van der Waals surface area contributed by atoms with E-state index in [0.29, 0.717) is 13.0 Å². The highest BCUT2D eigenvalue weighted by atomic mass is 79.9. The lowest BCUT2D eigenvalue weighted by molar-refractivity contribution is -0.138. The Hall–Kier alpha value is -1.56. The van der Waals surface area contributed by atoms with E-state index in [4.69, 9.17) is 5.11 Å². The monoisotopic (exact) mass is 314 g/mol. The lowest BCUT2D eigenvalue weighted by Crippen LogP contribution is -2.44. The van der Waals surface area contributed by atoms with Crippen molar-refractivity contribution < 1.29 is 14.7 Å². The highest BCUT2D eigenvalue weighted by Gasteiger charge is 2.13. The zero-order valence-electron chi connectivity index (χ0n) is 9.94. The number of hydrogen-bond acceptors (Lipinski definition) is 2. The van der Waals surface area contributed by atoms with Gasteiger partial charge in [0.05, 0.1) is 0 Å². The summed E-state index contributed by atoms with van der Waals surface area (Å²) in [6.07, 6.45) is 0.677. The molecule has 1 unspecified atom stereocenters. The van der Waals surface area contributed by atoms with Crippen LogP contribution in [0, 0.1) is 0 Å². The molecule has 0 saturated heterocycles. The Kier molecular flexibility index (Phi) is 5.64. The van der Waals surface area contributed by atoms with E-state index in [2.05, 4.69) is 26.6 Å². The Morgan fingerprint density at radius 2 is 2.06 bits per heavy atom. The zero-order valence-corrected chi connectivity index (χ0v) is 11.5. The summed E-state index contributed by atoms with van der Waals surface area (Å²) in [6.45, 7) is 1.86. The summed E-state index contributed by atoms with van der Waals surface area (Å²) < 4.78 is 0.992. The molecular weight excluding hydrogens is 300 g/mol. The van der Waals surface area contributed by atoms with Crippen molar-refractivity contribution >= 4 is 27.9 Å². The number of carboxylic acids is 1.